The minimum absolute atomic E-state index is 0.000927. The fourth-order valence-corrected chi connectivity index (χ4v) is 8.76. The van der Waals surface area contributed by atoms with Gasteiger partial charge in [0.2, 0.25) is 11.8 Å². The van der Waals surface area contributed by atoms with Crippen LogP contribution in [0, 0.1) is 24.7 Å². The lowest BCUT2D eigenvalue weighted by Crippen LogP contribution is -2.60. The van der Waals surface area contributed by atoms with Gasteiger partial charge in [-0.1, -0.05) is 24.3 Å². The largest absolute Gasteiger partial charge is 0.475 e. The molecule has 3 heterocycles. The molecule has 0 radical (unpaired) electrons. The predicted octanol–water partition coefficient (Wildman–Crippen LogP) is 6.03. The van der Waals surface area contributed by atoms with Crippen LogP contribution in [0.25, 0.3) is 11.3 Å². The molecule has 2 aromatic carbocycles. The molecule has 1 aromatic heterocycles. The second kappa shape index (κ2) is 11.5. The Morgan fingerprint density at radius 1 is 0.979 bits per heavy atom. The molecule has 9 nitrogen and oxygen atoms in total. The molecule has 2 N–H and O–H groups in total. The first-order valence-electron chi connectivity index (χ1n) is 16.1. The van der Waals surface area contributed by atoms with Gasteiger partial charge in [-0.15, -0.1) is 0 Å². The summed E-state index contributed by atoms with van der Waals surface area (Å²) >= 11 is 0. The lowest BCUT2D eigenvalue weighted by Gasteiger charge is -2.55. The number of halogens is 3. The smallest absolute Gasteiger partial charge is 0.394 e. The van der Waals surface area contributed by atoms with Gasteiger partial charge >= 0.3 is 6.18 Å². The van der Waals surface area contributed by atoms with E-state index in [1.807, 2.05) is 32.0 Å². The van der Waals surface area contributed by atoms with E-state index in [1.54, 1.807) is 11.0 Å². The Labute approximate surface area is 272 Å². The van der Waals surface area contributed by atoms with Crippen molar-refractivity contribution in [3.05, 3.63) is 65.2 Å². The van der Waals surface area contributed by atoms with Crippen LogP contribution in [-0.2, 0) is 10.0 Å². The van der Waals surface area contributed by atoms with Crippen LogP contribution in [0.4, 0.5) is 19.1 Å². The molecule has 2 aliphatic carbocycles. The van der Waals surface area contributed by atoms with Crippen molar-refractivity contribution in [2.75, 3.05) is 24.4 Å². The lowest BCUT2D eigenvalue weighted by atomic mass is 9.60. The van der Waals surface area contributed by atoms with Crippen molar-refractivity contribution < 1.29 is 31.1 Å². The summed E-state index contributed by atoms with van der Waals surface area (Å²) in [6, 6.07) is 11.7. The van der Waals surface area contributed by atoms with Gasteiger partial charge in [0.25, 0.3) is 15.9 Å². The van der Waals surface area contributed by atoms with Gasteiger partial charge in [-0.05, 0) is 107 Å². The van der Waals surface area contributed by atoms with Gasteiger partial charge in [-0.2, -0.15) is 18.2 Å². The van der Waals surface area contributed by atoms with E-state index >= 15 is 0 Å². The van der Waals surface area contributed by atoms with Crippen LogP contribution >= 0.6 is 0 Å². The summed E-state index contributed by atoms with van der Waals surface area (Å²) < 4.78 is 79.3. The molecule has 47 heavy (non-hydrogen) atoms. The van der Waals surface area contributed by atoms with Crippen LogP contribution < -0.4 is 14.8 Å². The molecule has 2 aliphatic heterocycles. The summed E-state index contributed by atoms with van der Waals surface area (Å²) in [6.07, 6.45) is -1.57. The van der Waals surface area contributed by atoms with Crippen molar-refractivity contribution in [1.29, 1.82) is 0 Å². The van der Waals surface area contributed by atoms with Crippen molar-refractivity contribution in [2.24, 2.45) is 10.8 Å². The van der Waals surface area contributed by atoms with Crippen molar-refractivity contribution in [3.8, 4) is 17.1 Å². The average Bonchev–Trinajstić information content (AvgIpc) is 3.80. The number of carbonyl (C=O) groups is 1. The number of piperidine rings is 1. The third-order valence-electron chi connectivity index (χ3n) is 10.6. The molecule has 1 saturated heterocycles. The molecule has 1 amide bonds. The van der Waals surface area contributed by atoms with E-state index in [1.165, 1.54) is 24.3 Å². The second-order valence-electron chi connectivity index (χ2n) is 13.8. The highest BCUT2D eigenvalue weighted by atomic mass is 32.2. The maximum absolute atomic E-state index is 14.5. The molecule has 13 heteroatoms. The molecule has 4 aliphatic rings. The van der Waals surface area contributed by atoms with E-state index in [4.69, 9.17) is 4.74 Å². The first-order valence-corrected chi connectivity index (χ1v) is 17.6. The number of aryl methyl sites for hydroxylation is 2. The van der Waals surface area contributed by atoms with Crippen LogP contribution in [0.3, 0.4) is 0 Å². The minimum Gasteiger partial charge on any atom is -0.475 e. The lowest BCUT2D eigenvalue weighted by molar-refractivity contribution is -0.194. The summed E-state index contributed by atoms with van der Waals surface area (Å²) in [5.41, 5.74) is 1.15. The monoisotopic (exact) mass is 669 g/mol. The van der Waals surface area contributed by atoms with E-state index in [0.29, 0.717) is 18.5 Å². The van der Waals surface area contributed by atoms with Crippen LogP contribution in [0.15, 0.2) is 53.4 Å². The number of aromatic nitrogens is 2. The zero-order chi connectivity index (χ0) is 33.2. The molecule has 3 aromatic rings. The molecule has 1 unspecified atom stereocenters. The highest BCUT2D eigenvalue weighted by molar-refractivity contribution is 7.92. The number of benzene rings is 2. The number of nitrogens with one attached hydrogen (secondary N) is 2. The Bertz CT molecular complexity index is 1790. The third kappa shape index (κ3) is 5.96. The van der Waals surface area contributed by atoms with Crippen molar-refractivity contribution in [2.45, 2.75) is 81.9 Å². The first kappa shape index (κ1) is 31.9. The van der Waals surface area contributed by atoms with Crippen LogP contribution in [0.1, 0.15) is 66.4 Å². The fourth-order valence-electron chi connectivity index (χ4n) is 7.77. The summed E-state index contributed by atoms with van der Waals surface area (Å²) in [5.74, 6) is -0.750. The van der Waals surface area contributed by atoms with Crippen molar-refractivity contribution >= 4 is 21.9 Å². The van der Waals surface area contributed by atoms with Crippen LogP contribution in [0.5, 0.6) is 5.88 Å². The number of alkyl halides is 3. The Kier molecular flexibility index (Phi) is 7.78. The number of carbonyl (C=O) groups excluding carboxylic acids is 1. The molecule has 2 saturated carbocycles. The fraction of sp³-hybridized carbons (Fsp3) is 0.500. The topological polar surface area (TPSA) is 114 Å². The zero-order valence-electron chi connectivity index (χ0n) is 26.4. The number of hydrogen-bond donors (Lipinski definition) is 2. The van der Waals surface area contributed by atoms with Gasteiger partial charge in [0.1, 0.15) is 6.61 Å². The van der Waals surface area contributed by atoms with Crippen molar-refractivity contribution in [1.82, 2.24) is 20.2 Å². The summed E-state index contributed by atoms with van der Waals surface area (Å²) in [4.78, 5) is 24.7. The summed E-state index contributed by atoms with van der Waals surface area (Å²) in [5, 5.41) is 3.37. The Morgan fingerprint density at radius 2 is 1.66 bits per heavy atom. The maximum atomic E-state index is 14.5. The van der Waals surface area contributed by atoms with E-state index in [9.17, 15) is 26.4 Å². The SMILES string of the molecule is Cc1cccc(C)c1-c1cc2nc(n1)NS(=O)(=O)c1cccc(c1)C(=O)N(C1CC3(CCNCC3)C1)C(CC1(C(F)(F)F)CC1)CO2. The van der Waals surface area contributed by atoms with Gasteiger partial charge in [-0.25, -0.2) is 18.1 Å². The highest BCUT2D eigenvalue weighted by Gasteiger charge is 2.64. The molecule has 250 valence electrons. The Balaban J connectivity index is 1.35. The Hall–Kier alpha value is -3.71. The molecule has 4 bridgehead atoms. The maximum Gasteiger partial charge on any atom is 0.394 e. The van der Waals surface area contributed by atoms with Crippen molar-refractivity contribution in [3.63, 3.8) is 0 Å². The Morgan fingerprint density at radius 3 is 2.32 bits per heavy atom. The number of fused-ring (bicyclic) bond motifs is 4. The number of hydrogen-bond acceptors (Lipinski definition) is 7. The van der Waals surface area contributed by atoms with Gasteiger partial charge in [0, 0.05) is 23.2 Å². The third-order valence-corrected chi connectivity index (χ3v) is 11.9. The number of amides is 1. The van der Waals surface area contributed by atoms with Crippen LogP contribution in [-0.4, -0.2) is 67.1 Å². The molecular formula is C34H38F3N5O4S. The van der Waals surface area contributed by atoms with E-state index < -0.39 is 33.6 Å². The molecule has 1 atom stereocenters. The first-order chi connectivity index (χ1) is 22.3. The van der Waals surface area contributed by atoms with Gasteiger partial charge < -0.3 is 15.0 Å². The predicted molar refractivity (Wildman–Crippen MR) is 170 cm³/mol. The van der Waals surface area contributed by atoms with Crippen LogP contribution in [0.2, 0.25) is 0 Å². The second-order valence-corrected chi connectivity index (χ2v) is 15.5. The average molecular weight is 670 g/mol. The molecule has 7 rings (SSSR count). The quantitative estimate of drug-likeness (QED) is 0.349. The van der Waals surface area contributed by atoms with Gasteiger partial charge in [0.05, 0.1) is 22.0 Å². The number of anilines is 1. The van der Waals surface area contributed by atoms with Gasteiger partial charge in [-0.3, -0.25) is 4.79 Å². The molecule has 3 fully saturated rings. The standard InChI is InChI=1S/C34H38F3N5O4S/c1-21-5-3-6-22(2)29(21)27-16-28-40-31(39-27)41-47(44,45)26-8-4-7-23(15-26)30(43)42(24-17-32(18-24)11-13-38-14-12-32)25(20-46-28)19-33(9-10-33)34(35,36)37/h3-8,15-16,24-25,38H,9-14,17-20H2,1-2H3,(H,39,40,41). The summed E-state index contributed by atoms with van der Waals surface area (Å²) in [6.45, 7) is 5.28. The van der Waals surface area contributed by atoms with E-state index in [0.717, 1.165) is 42.6 Å². The van der Waals surface area contributed by atoms with E-state index in [2.05, 4.69) is 20.0 Å². The zero-order valence-corrected chi connectivity index (χ0v) is 27.2. The minimum atomic E-state index is -4.44. The molecular weight excluding hydrogens is 631 g/mol. The number of nitrogens with zero attached hydrogens (tertiary/aromatic N) is 3. The summed E-state index contributed by atoms with van der Waals surface area (Å²) in [7, 11) is -4.26. The van der Waals surface area contributed by atoms with Gasteiger partial charge in [0.15, 0.2) is 0 Å². The highest BCUT2D eigenvalue weighted by Crippen LogP contribution is 2.61. The number of ether oxygens (including phenoxy) is 1. The van der Waals surface area contributed by atoms with E-state index in [-0.39, 0.29) is 59.6 Å². The number of rotatable bonds is 4. The number of sulfonamides is 1. The molecule has 1 spiro atoms. The normalized spacial score (nSPS) is 23.4.